The molecule has 6 nitrogen and oxygen atoms in total. The molecule has 1 amide bonds. The first-order valence-electron chi connectivity index (χ1n) is 7.48. The van der Waals surface area contributed by atoms with Crippen molar-refractivity contribution in [3.63, 3.8) is 0 Å². The largest absolute Gasteiger partial charge is 0.381 e. The topological polar surface area (TPSA) is 57.2 Å². The molecule has 6 heteroatoms. The fourth-order valence-corrected chi connectivity index (χ4v) is 3.25. The molecule has 3 heterocycles. The number of nitrogens with one attached hydrogen (secondary N) is 1. The van der Waals surface area contributed by atoms with Gasteiger partial charge in [0.1, 0.15) is 5.54 Å². The second-order valence-electron chi connectivity index (χ2n) is 6.35. The fraction of sp³-hybridized carbons (Fsp3) is 0.857. The van der Waals surface area contributed by atoms with Crippen molar-refractivity contribution in [1.29, 1.82) is 0 Å². The van der Waals surface area contributed by atoms with Gasteiger partial charge in [0.15, 0.2) is 0 Å². The molecule has 0 radical (unpaired) electrons. The van der Waals surface area contributed by atoms with Crippen molar-refractivity contribution in [2.75, 3.05) is 46.9 Å². The number of aliphatic imine (C=N–C) groups is 1. The number of carbonyl (C=O) groups excluding carboxylic acids is 1. The van der Waals surface area contributed by atoms with Gasteiger partial charge in [-0.3, -0.25) is 10.1 Å². The highest BCUT2D eigenvalue weighted by molar-refractivity contribution is 6.07. The summed E-state index contributed by atoms with van der Waals surface area (Å²) in [5, 5.41) is 2.90. The van der Waals surface area contributed by atoms with E-state index in [0.717, 1.165) is 45.7 Å². The fourth-order valence-electron chi connectivity index (χ4n) is 3.25. The Morgan fingerprint density at radius 2 is 2.20 bits per heavy atom. The predicted molar refractivity (Wildman–Crippen MR) is 76.6 cm³/mol. The Labute approximate surface area is 120 Å². The lowest BCUT2D eigenvalue weighted by Crippen LogP contribution is -2.50. The first-order valence-corrected chi connectivity index (χ1v) is 7.48. The predicted octanol–water partition coefficient (Wildman–Crippen LogP) is -0.0951. The van der Waals surface area contributed by atoms with Gasteiger partial charge in [-0.1, -0.05) is 0 Å². The molecule has 0 unspecified atom stereocenters. The molecule has 1 N–H and O–H groups in total. The van der Waals surface area contributed by atoms with Gasteiger partial charge in [-0.25, -0.2) is 4.99 Å². The molecule has 3 aliphatic heterocycles. The number of carbonyl (C=O) groups is 1. The van der Waals surface area contributed by atoms with Gasteiger partial charge < -0.3 is 14.5 Å². The van der Waals surface area contributed by atoms with Gasteiger partial charge in [0.25, 0.3) is 5.91 Å². The first-order chi connectivity index (χ1) is 9.59. The number of likely N-dealkylation sites (tertiary alicyclic amines) is 1. The molecule has 2 saturated heterocycles. The zero-order valence-corrected chi connectivity index (χ0v) is 12.4. The molecule has 1 atom stereocenters. The molecule has 0 saturated carbocycles. The summed E-state index contributed by atoms with van der Waals surface area (Å²) in [6.07, 6.45) is 2.82. The van der Waals surface area contributed by atoms with Crippen LogP contribution >= 0.6 is 0 Å². The van der Waals surface area contributed by atoms with Crippen molar-refractivity contribution in [3.8, 4) is 0 Å². The Kier molecular flexibility index (Phi) is 3.69. The maximum Gasteiger partial charge on any atom is 0.254 e. The number of nitrogens with zero attached hydrogens (tertiary/aromatic N) is 3. The molecule has 3 aliphatic rings. The summed E-state index contributed by atoms with van der Waals surface area (Å²) in [6.45, 7) is 4.80. The van der Waals surface area contributed by atoms with Gasteiger partial charge in [0.05, 0.1) is 6.61 Å². The van der Waals surface area contributed by atoms with Crippen molar-refractivity contribution in [2.24, 2.45) is 10.9 Å². The molecular formula is C14H24N4O2. The normalized spacial score (nSPS) is 29.6. The van der Waals surface area contributed by atoms with Crippen molar-refractivity contribution in [3.05, 3.63) is 0 Å². The smallest absolute Gasteiger partial charge is 0.254 e. The van der Waals surface area contributed by atoms with Crippen LogP contribution in [0.1, 0.15) is 19.3 Å². The van der Waals surface area contributed by atoms with E-state index in [1.165, 1.54) is 6.42 Å². The van der Waals surface area contributed by atoms with E-state index in [9.17, 15) is 4.79 Å². The van der Waals surface area contributed by atoms with Crippen LogP contribution in [0, 0.1) is 5.92 Å². The Morgan fingerprint density at radius 3 is 2.75 bits per heavy atom. The summed E-state index contributed by atoms with van der Waals surface area (Å²) in [5.74, 6) is 1.44. The zero-order valence-electron chi connectivity index (χ0n) is 12.4. The Balaban J connectivity index is 1.58. The first kappa shape index (κ1) is 13.8. The Bertz CT molecular complexity index is 407. The average Bonchev–Trinajstić information content (AvgIpc) is 3.02. The van der Waals surface area contributed by atoms with Crippen molar-refractivity contribution in [1.82, 2.24) is 15.1 Å². The lowest BCUT2D eigenvalue weighted by Gasteiger charge is -2.36. The van der Waals surface area contributed by atoms with Crippen molar-refractivity contribution in [2.45, 2.75) is 24.8 Å². The third-order valence-electron chi connectivity index (χ3n) is 4.62. The van der Waals surface area contributed by atoms with Gasteiger partial charge in [-0.05, 0) is 25.2 Å². The van der Waals surface area contributed by atoms with Crippen LogP contribution in [0.2, 0.25) is 0 Å². The molecule has 2 fully saturated rings. The zero-order chi connectivity index (χ0) is 14.2. The number of guanidine groups is 1. The number of amides is 1. The summed E-state index contributed by atoms with van der Waals surface area (Å²) in [4.78, 5) is 21.2. The lowest BCUT2D eigenvalue weighted by molar-refractivity contribution is -0.125. The standard InChI is InChI=1S/C14H24N4O2/c1-17(2)13-15-12(19)14(16-13)4-6-18(7-5-14)9-11-3-8-20-10-11/h11H,3-10H2,1-2H3,(H,15,16,19)/t11-/m1/s1. The molecule has 112 valence electrons. The SMILES string of the molecule is CN(C)C1=NC2(CCN(C[C@H]3CCOC3)CC2)C(=O)N1. The van der Waals surface area contributed by atoms with E-state index in [1.54, 1.807) is 0 Å². The van der Waals surface area contributed by atoms with Gasteiger partial charge in [-0.15, -0.1) is 0 Å². The van der Waals surface area contributed by atoms with Crippen LogP contribution in [0.15, 0.2) is 4.99 Å². The van der Waals surface area contributed by atoms with Gasteiger partial charge >= 0.3 is 0 Å². The van der Waals surface area contributed by atoms with E-state index in [1.807, 2.05) is 19.0 Å². The van der Waals surface area contributed by atoms with Crippen LogP contribution in [0.25, 0.3) is 0 Å². The van der Waals surface area contributed by atoms with Crippen LogP contribution < -0.4 is 5.32 Å². The van der Waals surface area contributed by atoms with Crippen LogP contribution in [-0.2, 0) is 9.53 Å². The minimum absolute atomic E-state index is 0.0741. The summed E-state index contributed by atoms with van der Waals surface area (Å²) >= 11 is 0. The summed E-state index contributed by atoms with van der Waals surface area (Å²) < 4.78 is 5.43. The quantitative estimate of drug-likeness (QED) is 0.768. The van der Waals surface area contributed by atoms with Gasteiger partial charge in [0.2, 0.25) is 5.96 Å². The van der Waals surface area contributed by atoms with E-state index in [4.69, 9.17) is 4.74 Å². The number of ether oxygens (including phenoxy) is 1. The van der Waals surface area contributed by atoms with E-state index < -0.39 is 5.54 Å². The van der Waals surface area contributed by atoms with E-state index in [-0.39, 0.29) is 5.91 Å². The van der Waals surface area contributed by atoms with Crippen molar-refractivity contribution >= 4 is 11.9 Å². The highest BCUT2D eigenvalue weighted by Crippen LogP contribution is 2.30. The number of hydrogen-bond acceptors (Lipinski definition) is 5. The van der Waals surface area contributed by atoms with Crippen molar-refractivity contribution < 1.29 is 9.53 Å². The van der Waals surface area contributed by atoms with E-state index >= 15 is 0 Å². The molecule has 0 aromatic carbocycles. The summed E-state index contributed by atoms with van der Waals surface area (Å²) in [7, 11) is 3.82. The van der Waals surface area contributed by atoms with Crippen LogP contribution in [0.3, 0.4) is 0 Å². The second kappa shape index (κ2) is 5.33. The van der Waals surface area contributed by atoms with E-state index in [2.05, 4.69) is 15.2 Å². The third kappa shape index (κ3) is 2.54. The molecular weight excluding hydrogens is 256 g/mol. The second-order valence-corrected chi connectivity index (χ2v) is 6.35. The molecule has 20 heavy (non-hydrogen) atoms. The van der Waals surface area contributed by atoms with Crippen LogP contribution in [-0.4, -0.2) is 74.1 Å². The third-order valence-corrected chi connectivity index (χ3v) is 4.62. The minimum Gasteiger partial charge on any atom is -0.381 e. The number of hydrogen-bond donors (Lipinski definition) is 1. The van der Waals surface area contributed by atoms with Gasteiger partial charge in [-0.2, -0.15) is 0 Å². The monoisotopic (exact) mass is 280 g/mol. The molecule has 0 aliphatic carbocycles. The number of rotatable bonds is 2. The summed E-state index contributed by atoms with van der Waals surface area (Å²) in [5.41, 5.74) is -0.512. The van der Waals surface area contributed by atoms with Gasteiger partial charge in [0, 0.05) is 40.3 Å². The minimum atomic E-state index is -0.512. The number of piperidine rings is 1. The average molecular weight is 280 g/mol. The highest BCUT2D eigenvalue weighted by atomic mass is 16.5. The summed E-state index contributed by atoms with van der Waals surface area (Å²) in [6, 6.07) is 0. The maximum absolute atomic E-state index is 12.2. The van der Waals surface area contributed by atoms with E-state index in [0.29, 0.717) is 11.9 Å². The van der Waals surface area contributed by atoms with Crippen LogP contribution in [0.4, 0.5) is 0 Å². The van der Waals surface area contributed by atoms with Crippen LogP contribution in [0.5, 0.6) is 0 Å². The molecule has 1 spiro atoms. The maximum atomic E-state index is 12.2. The highest BCUT2D eigenvalue weighted by Gasteiger charge is 2.46. The molecule has 0 bridgehead atoms. The molecule has 0 aromatic heterocycles. The molecule has 3 rings (SSSR count). The lowest BCUT2D eigenvalue weighted by atomic mass is 9.87. The Morgan fingerprint density at radius 1 is 1.45 bits per heavy atom. The Hall–Kier alpha value is -1.14. The molecule has 0 aromatic rings.